The van der Waals surface area contributed by atoms with Crippen LogP contribution >= 0.6 is 0 Å². The minimum absolute atomic E-state index is 0.116. The van der Waals surface area contributed by atoms with Crippen molar-refractivity contribution in [1.82, 2.24) is 0 Å². The Labute approximate surface area is 141 Å². The quantitative estimate of drug-likeness (QED) is 0.411. The van der Waals surface area contributed by atoms with Gasteiger partial charge in [-0.25, -0.2) is 9.59 Å². The van der Waals surface area contributed by atoms with Crippen LogP contribution in [0.4, 0.5) is 0 Å². The Bertz CT molecular complexity index is 639. The maximum atomic E-state index is 12.1. The highest BCUT2D eigenvalue weighted by atomic mass is 32.2. The van der Waals surface area contributed by atoms with E-state index < -0.39 is 38.1 Å². The number of esters is 2. The SMILES string of the molecule is CCCCOC(=O)c1cccc(C(=O)OCCCC)c1S(=O)(=O)O. The van der Waals surface area contributed by atoms with Crippen molar-refractivity contribution < 1.29 is 32.0 Å². The van der Waals surface area contributed by atoms with Gasteiger partial charge >= 0.3 is 11.9 Å². The Morgan fingerprint density at radius 3 is 1.71 bits per heavy atom. The molecule has 0 saturated carbocycles. The lowest BCUT2D eigenvalue weighted by atomic mass is 10.1. The molecule has 0 aliphatic carbocycles. The monoisotopic (exact) mass is 358 g/mol. The molecule has 1 N–H and O–H groups in total. The van der Waals surface area contributed by atoms with E-state index in [1.807, 2.05) is 13.8 Å². The molecule has 0 amide bonds. The third-order valence-electron chi connectivity index (χ3n) is 3.17. The molecule has 0 fully saturated rings. The van der Waals surface area contributed by atoms with Crippen LogP contribution in [0.3, 0.4) is 0 Å². The number of hydrogen-bond acceptors (Lipinski definition) is 6. The van der Waals surface area contributed by atoms with Gasteiger partial charge in [0.05, 0.1) is 24.3 Å². The van der Waals surface area contributed by atoms with Crippen LogP contribution < -0.4 is 0 Å². The number of carbonyl (C=O) groups excluding carboxylic acids is 2. The molecule has 1 aromatic carbocycles. The van der Waals surface area contributed by atoms with Crippen LogP contribution in [0, 0.1) is 0 Å². The third kappa shape index (κ3) is 5.61. The van der Waals surface area contributed by atoms with E-state index >= 15 is 0 Å². The molecule has 0 bridgehead atoms. The summed E-state index contributed by atoms with van der Waals surface area (Å²) < 4.78 is 42.8. The van der Waals surface area contributed by atoms with E-state index in [0.29, 0.717) is 12.8 Å². The topological polar surface area (TPSA) is 107 Å². The Balaban J connectivity index is 3.19. The summed E-state index contributed by atoms with van der Waals surface area (Å²) in [5, 5.41) is 0. The lowest BCUT2D eigenvalue weighted by Gasteiger charge is -2.12. The first-order chi connectivity index (χ1) is 11.3. The maximum Gasteiger partial charge on any atom is 0.339 e. The van der Waals surface area contributed by atoms with Gasteiger partial charge in [0, 0.05) is 0 Å². The van der Waals surface area contributed by atoms with E-state index in [1.54, 1.807) is 0 Å². The van der Waals surface area contributed by atoms with Crippen LogP contribution in [0.1, 0.15) is 60.2 Å². The van der Waals surface area contributed by atoms with E-state index in [4.69, 9.17) is 9.47 Å². The zero-order chi connectivity index (χ0) is 18.2. The summed E-state index contributed by atoms with van der Waals surface area (Å²) in [4.78, 5) is 23.4. The summed E-state index contributed by atoms with van der Waals surface area (Å²) in [6, 6.07) is 3.70. The Hall–Kier alpha value is -1.93. The first-order valence-electron chi connectivity index (χ1n) is 7.77. The molecule has 0 spiro atoms. The summed E-state index contributed by atoms with van der Waals surface area (Å²) in [5.74, 6) is -1.83. The highest BCUT2D eigenvalue weighted by Crippen LogP contribution is 2.23. The molecular weight excluding hydrogens is 336 g/mol. The average molecular weight is 358 g/mol. The molecule has 0 heterocycles. The van der Waals surface area contributed by atoms with Gasteiger partial charge in [0.2, 0.25) is 0 Å². The summed E-state index contributed by atoms with van der Waals surface area (Å²) in [6.07, 6.45) is 2.82. The number of hydrogen-bond donors (Lipinski definition) is 1. The van der Waals surface area contributed by atoms with Crippen molar-refractivity contribution in [2.24, 2.45) is 0 Å². The second kappa shape index (κ2) is 9.39. The molecule has 0 aliphatic heterocycles. The predicted octanol–water partition coefficient (Wildman–Crippen LogP) is 2.85. The van der Waals surface area contributed by atoms with Gasteiger partial charge in [-0.2, -0.15) is 8.42 Å². The lowest BCUT2D eigenvalue weighted by Crippen LogP contribution is -2.18. The normalized spacial score (nSPS) is 11.1. The Morgan fingerprint density at radius 1 is 0.958 bits per heavy atom. The van der Waals surface area contributed by atoms with E-state index in [-0.39, 0.29) is 13.2 Å². The van der Waals surface area contributed by atoms with E-state index in [2.05, 4.69) is 0 Å². The molecular formula is C16H22O7S. The Morgan fingerprint density at radius 2 is 1.38 bits per heavy atom. The molecule has 7 nitrogen and oxygen atoms in total. The van der Waals surface area contributed by atoms with Crippen LogP contribution in [-0.2, 0) is 19.6 Å². The largest absolute Gasteiger partial charge is 0.462 e. The first kappa shape index (κ1) is 20.1. The van der Waals surface area contributed by atoms with Gasteiger partial charge in [0.15, 0.2) is 0 Å². The van der Waals surface area contributed by atoms with Crippen LogP contribution in [0.15, 0.2) is 23.1 Å². The molecule has 0 aromatic heterocycles. The van der Waals surface area contributed by atoms with E-state index in [0.717, 1.165) is 12.8 Å². The average Bonchev–Trinajstić information content (AvgIpc) is 2.53. The van der Waals surface area contributed by atoms with Gasteiger partial charge in [-0.15, -0.1) is 0 Å². The summed E-state index contributed by atoms with van der Waals surface area (Å²) in [7, 11) is -4.82. The lowest BCUT2D eigenvalue weighted by molar-refractivity contribution is 0.0488. The summed E-state index contributed by atoms with van der Waals surface area (Å²) >= 11 is 0. The molecule has 0 atom stereocenters. The molecule has 0 aliphatic rings. The van der Waals surface area contributed by atoms with Crippen molar-refractivity contribution in [3.63, 3.8) is 0 Å². The zero-order valence-corrected chi connectivity index (χ0v) is 14.6. The number of rotatable bonds is 9. The molecule has 24 heavy (non-hydrogen) atoms. The highest BCUT2D eigenvalue weighted by Gasteiger charge is 2.29. The second-order valence-electron chi connectivity index (χ2n) is 5.14. The fourth-order valence-electron chi connectivity index (χ4n) is 1.91. The minimum atomic E-state index is -4.82. The van der Waals surface area contributed by atoms with Crippen molar-refractivity contribution in [3.8, 4) is 0 Å². The van der Waals surface area contributed by atoms with E-state index in [9.17, 15) is 22.6 Å². The van der Waals surface area contributed by atoms with Crippen molar-refractivity contribution in [2.75, 3.05) is 13.2 Å². The van der Waals surface area contributed by atoms with Gasteiger partial charge in [-0.05, 0) is 25.0 Å². The fraction of sp³-hybridized carbons (Fsp3) is 0.500. The number of benzene rings is 1. The standard InChI is InChI=1S/C16H22O7S/c1-3-5-10-22-15(17)12-8-7-9-13(14(12)24(19,20)21)16(18)23-11-6-4-2/h7-9H,3-6,10-11H2,1-2H3,(H,19,20,21). The first-order valence-corrected chi connectivity index (χ1v) is 9.21. The number of carbonyl (C=O) groups is 2. The molecule has 0 saturated heterocycles. The number of ether oxygens (including phenoxy) is 2. The minimum Gasteiger partial charge on any atom is -0.462 e. The predicted molar refractivity (Wildman–Crippen MR) is 86.6 cm³/mol. The van der Waals surface area contributed by atoms with Crippen molar-refractivity contribution >= 4 is 22.1 Å². The van der Waals surface area contributed by atoms with Gasteiger partial charge in [0.1, 0.15) is 4.90 Å². The van der Waals surface area contributed by atoms with Crippen molar-refractivity contribution in [1.29, 1.82) is 0 Å². The zero-order valence-electron chi connectivity index (χ0n) is 13.8. The third-order valence-corrected chi connectivity index (χ3v) is 4.13. The molecule has 1 aromatic rings. The smallest absolute Gasteiger partial charge is 0.339 e. The highest BCUT2D eigenvalue weighted by molar-refractivity contribution is 7.86. The van der Waals surface area contributed by atoms with Crippen molar-refractivity contribution in [3.05, 3.63) is 29.3 Å². The molecule has 8 heteroatoms. The molecule has 1 rings (SSSR count). The Kier molecular flexibility index (Phi) is 7.87. The summed E-state index contributed by atoms with van der Waals surface area (Å²) in [5.41, 5.74) is -0.780. The second-order valence-corrected chi connectivity index (χ2v) is 6.49. The van der Waals surface area contributed by atoms with Crippen LogP contribution in [0.25, 0.3) is 0 Å². The molecule has 134 valence electrons. The van der Waals surface area contributed by atoms with Crippen LogP contribution in [0.2, 0.25) is 0 Å². The molecule has 0 unspecified atom stereocenters. The fourth-order valence-corrected chi connectivity index (χ4v) is 2.77. The summed E-state index contributed by atoms with van der Waals surface area (Å²) in [6.45, 7) is 4.05. The molecule has 0 radical (unpaired) electrons. The van der Waals surface area contributed by atoms with Gasteiger partial charge < -0.3 is 9.47 Å². The van der Waals surface area contributed by atoms with Crippen LogP contribution in [0.5, 0.6) is 0 Å². The van der Waals surface area contributed by atoms with Crippen molar-refractivity contribution in [2.45, 2.75) is 44.4 Å². The van der Waals surface area contributed by atoms with Gasteiger partial charge in [-0.3, -0.25) is 4.55 Å². The van der Waals surface area contributed by atoms with Gasteiger partial charge in [0.25, 0.3) is 10.1 Å². The maximum absolute atomic E-state index is 12.1. The van der Waals surface area contributed by atoms with Crippen LogP contribution in [-0.4, -0.2) is 38.1 Å². The van der Waals surface area contributed by atoms with Gasteiger partial charge in [-0.1, -0.05) is 32.8 Å². The van der Waals surface area contributed by atoms with E-state index in [1.165, 1.54) is 18.2 Å². The number of unbranched alkanes of at least 4 members (excludes halogenated alkanes) is 2.